The molecule has 1 aromatic heterocycles. The van der Waals surface area contributed by atoms with Gasteiger partial charge in [0.25, 0.3) is 0 Å². The topological polar surface area (TPSA) is 13.1 Å². The number of aryl methyl sites for hydroxylation is 1. The molecule has 0 radical (unpaired) electrons. The van der Waals surface area contributed by atoms with Gasteiger partial charge in [0.05, 0.1) is 0 Å². The van der Waals surface area contributed by atoms with Gasteiger partial charge in [-0.2, -0.15) is 0 Å². The monoisotopic (exact) mass is 276 g/mol. The van der Waals surface area contributed by atoms with Gasteiger partial charge in [-0.15, -0.1) is 0 Å². The first-order valence-electron chi connectivity index (χ1n) is 7.62. The Morgan fingerprint density at radius 2 is 1.43 bits per heavy atom. The molecule has 0 spiro atoms. The first kappa shape index (κ1) is 13.7. The average Bonchev–Trinajstić information content (AvgIpc) is 2.99. The number of unbranched alkanes of at least 4 members (excludes halogenated alkanes) is 1. The molecule has 1 heteroatoms. The lowest BCUT2D eigenvalue weighted by molar-refractivity contribution is 0.514. The molecule has 21 heavy (non-hydrogen) atoms. The van der Waals surface area contributed by atoms with E-state index in [9.17, 15) is 0 Å². The van der Waals surface area contributed by atoms with Gasteiger partial charge in [-0.05, 0) is 18.1 Å². The van der Waals surface area contributed by atoms with Crippen molar-refractivity contribution >= 4 is 0 Å². The Balaban J connectivity index is 2.03. The van der Waals surface area contributed by atoms with Gasteiger partial charge in [-0.1, -0.05) is 74.0 Å². The SMILES string of the molecule is CCCCc1oc(-c2ccccc2)cc1-c1ccccc1. The molecule has 1 heterocycles. The summed E-state index contributed by atoms with van der Waals surface area (Å²) in [5.74, 6) is 2.06. The number of benzene rings is 2. The maximum absolute atomic E-state index is 6.16. The van der Waals surface area contributed by atoms with Crippen LogP contribution in [0.25, 0.3) is 22.5 Å². The lowest BCUT2D eigenvalue weighted by Gasteiger charge is -2.01. The molecular formula is C20H20O. The van der Waals surface area contributed by atoms with Gasteiger partial charge in [0.1, 0.15) is 11.5 Å². The largest absolute Gasteiger partial charge is 0.460 e. The lowest BCUT2D eigenvalue weighted by Crippen LogP contribution is -1.85. The van der Waals surface area contributed by atoms with Crippen molar-refractivity contribution in [1.29, 1.82) is 0 Å². The van der Waals surface area contributed by atoms with Crippen LogP contribution in [0.5, 0.6) is 0 Å². The van der Waals surface area contributed by atoms with Crippen molar-refractivity contribution in [3.8, 4) is 22.5 Å². The summed E-state index contributed by atoms with van der Waals surface area (Å²) in [7, 11) is 0. The Bertz CT molecular complexity index is 680. The smallest absolute Gasteiger partial charge is 0.134 e. The van der Waals surface area contributed by atoms with E-state index in [1.807, 2.05) is 24.3 Å². The van der Waals surface area contributed by atoms with Crippen LogP contribution in [0.3, 0.4) is 0 Å². The highest BCUT2D eigenvalue weighted by Gasteiger charge is 2.13. The Morgan fingerprint density at radius 1 is 0.810 bits per heavy atom. The molecule has 2 aromatic carbocycles. The van der Waals surface area contributed by atoms with E-state index in [1.54, 1.807) is 0 Å². The fourth-order valence-electron chi connectivity index (χ4n) is 2.56. The summed E-state index contributed by atoms with van der Waals surface area (Å²) in [5, 5.41) is 0. The highest BCUT2D eigenvalue weighted by molar-refractivity contribution is 5.72. The molecule has 1 nitrogen and oxygen atoms in total. The normalized spacial score (nSPS) is 10.7. The minimum Gasteiger partial charge on any atom is -0.460 e. The van der Waals surface area contributed by atoms with Gasteiger partial charge in [-0.25, -0.2) is 0 Å². The summed E-state index contributed by atoms with van der Waals surface area (Å²) in [6.45, 7) is 2.21. The molecule has 0 aliphatic heterocycles. The lowest BCUT2D eigenvalue weighted by atomic mass is 10.0. The first-order valence-corrected chi connectivity index (χ1v) is 7.62. The summed E-state index contributed by atoms with van der Waals surface area (Å²) in [5.41, 5.74) is 3.59. The third-order valence-electron chi connectivity index (χ3n) is 3.71. The second kappa shape index (κ2) is 6.45. The van der Waals surface area contributed by atoms with Gasteiger partial charge in [0.2, 0.25) is 0 Å². The van der Waals surface area contributed by atoms with Crippen LogP contribution < -0.4 is 0 Å². The predicted molar refractivity (Wildman–Crippen MR) is 88.2 cm³/mol. The van der Waals surface area contributed by atoms with Crippen molar-refractivity contribution in [2.75, 3.05) is 0 Å². The van der Waals surface area contributed by atoms with Crippen LogP contribution in [0.4, 0.5) is 0 Å². The van der Waals surface area contributed by atoms with Gasteiger partial charge < -0.3 is 4.42 Å². The second-order valence-electron chi connectivity index (χ2n) is 5.28. The van der Waals surface area contributed by atoms with Gasteiger partial charge in [0.15, 0.2) is 0 Å². The van der Waals surface area contributed by atoms with Crippen molar-refractivity contribution in [3.05, 3.63) is 72.5 Å². The highest BCUT2D eigenvalue weighted by Crippen LogP contribution is 2.33. The van der Waals surface area contributed by atoms with Crippen LogP contribution in [0.15, 0.2) is 71.1 Å². The Hall–Kier alpha value is -2.28. The van der Waals surface area contributed by atoms with E-state index in [0.29, 0.717) is 0 Å². The van der Waals surface area contributed by atoms with Crippen LogP contribution in [-0.2, 0) is 6.42 Å². The molecule has 0 saturated carbocycles. The fraction of sp³-hybridized carbons (Fsp3) is 0.200. The average molecular weight is 276 g/mol. The third-order valence-corrected chi connectivity index (χ3v) is 3.71. The Morgan fingerprint density at radius 3 is 2.05 bits per heavy atom. The van der Waals surface area contributed by atoms with Crippen LogP contribution in [0, 0.1) is 0 Å². The maximum Gasteiger partial charge on any atom is 0.134 e. The fourth-order valence-corrected chi connectivity index (χ4v) is 2.56. The Kier molecular flexibility index (Phi) is 4.20. The first-order chi connectivity index (χ1) is 10.4. The minimum absolute atomic E-state index is 0.959. The standard InChI is InChI=1S/C20H20O/c1-2-3-14-19-18(16-10-6-4-7-11-16)15-20(21-19)17-12-8-5-9-13-17/h4-13,15H,2-3,14H2,1H3. The minimum atomic E-state index is 0.959. The maximum atomic E-state index is 6.16. The molecule has 0 saturated heterocycles. The zero-order valence-electron chi connectivity index (χ0n) is 12.4. The molecule has 0 bridgehead atoms. The van der Waals surface area contributed by atoms with E-state index in [0.717, 1.165) is 29.9 Å². The van der Waals surface area contributed by atoms with E-state index in [-0.39, 0.29) is 0 Å². The number of hydrogen-bond acceptors (Lipinski definition) is 1. The van der Waals surface area contributed by atoms with Crippen LogP contribution in [-0.4, -0.2) is 0 Å². The number of furan rings is 1. The number of hydrogen-bond donors (Lipinski definition) is 0. The second-order valence-corrected chi connectivity index (χ2v) is 5.28. The van der Waals surface area contributed by atoms with Crippen molar-refractivity contribution < 1.29 is 4.42 Å². The van der Waals surface area contributed by atoms with Gasteiger partial charge >= 0.3 is 0 Å². The molecular weight excluding hydrogens is 256 g/mol. The summed E-state index contributed by atoms with van der Waals surface area (Å²) >= 11 is 0. The molecule has 3 rings (SSSR count). The Labute approximate surface area is 126 Å². The summed E-state index contributed by atoms with van der Waals surface area (Å²) < 4.78 is 6.16. The zero-order valence-corrected chi connectivity index (χ0v) is 12.4. The van der Waals surface area contributed by atoms with E-state index in [4.69, 9.17) is 4.42 Å². The quantitative estimate of drug-likeness (QED) is 0.560. The summed E-state index contributed by atoms with van der Waals surface area (Å²) in [4.78, 5) is 0. The van der Waals surface area contributed by atoms with Crippen molar-refractivity contribution in [2.45, 2.75) is 26.2 Å². The molecule has 106 valence electrons. The summed E-state index contributed by atoms with van der Waals surface area (Å²) in [6.07, 6.45) is 3.32. The third kappa shape index (κ3) is 3.08. The highest BCUT2D eigenvalue weighted by atomic mass is 16.3. The molecule has 0 atom stereocenters. The van der Waals surface area contributed by atoms with E-state index in [2.05, 4.69) is 49.4 Å². The molecule has 0 aliphatic carbocycles. The number of rotatable bonds is 5. The molecule has 3 aromatic rings. The molecule has 0 amide bonds. The molecule has 0 fully saturated rings. The van der Waals surface area contributed by atoms with Gasteiger partial charge in [0, 0.05) is 17.5 Å². The predicted octanol–water partition coefficient (Wildman–Crippen LogP) is 5.96. The van der Waals surface area contributed by atoms with Crippen LogP contribution in [0.2, 0.25) is 0 Å². The van der Waals surface area contributed by atoms with Gasteiger partial charge in [-0.3, -0.25) is 0 Å². The molecule has 0 unspecified atom stereocenters. The van der Waals surface area contributed by atoms with E-state index in [1.165, 1.54) is 17.5 Å². The van der Waals surface area contributed by atoms with E-state index >= 15 is 0 Å². The van der Waals surface area contributed by atoms with Crippen molar-refractivity contribution in [2.24, 2.45) is 0 Å². The van der Waals surface area contributed by atoms with Crippen LogP contribution in [0.1, 0.15) is 25.5 Å². The van der Waals surface area contributed by atoms with Crippen LogP contribution >= 0.6 is 0 Å². The van der Waals surface area contributed by atoms with Crippen molar-refractivity contribution in [3.63, 3.8) is 0 Å². The molecule has 0 aliphatic rings. The van der Waals surface area contributed by atoms with E-state index < -0.39 is 0 Å². The van der Waals surface area contributed by atoms with Crippen molar-refractivity contribution in [1.82, 2.24) is 0 Å². The summed E-state index contributed by atoms with van der Waals surface area (Å²) in [6, 6.07) is 23.0. The zero-order chi connectivity index (χ0) is 14.5. The molecule has 0 N–H and O–H groups in total.